The first-order valence-corrected chi connectivity index (χ1v) is 7.89. The SMILES string of the molecule is CCCCS(=O)(=O)N1COC(c2ccccc2)C1. The van der Waals surface area contributed by atoms with Crippen LogP contribution in [0.2, 0.25) is 0 Å². The number of nitrogens with zero attached hydrogens (tertiary/aromatic N) is 1. The van der Waals surface area contributed by atoms with Crippen molar-refractivity contribution in [3.63, 3.8) is 0 Å². The molecule has 0 amide bonds. The van der Waals surface area contributed by atoms with Crippen molar-refractivity contribution in [1.29, 1.82) is 0 Å². The minimum atomic E-state index is -3.15. The van der Waals surface area contributed by atoms with Gasteiger partial charge in [0.1, 0.15) is 6.73 Å². The molecule has 0 spiro atoms. The standard InChI is InChI=1S/C13H19NO3S/c1-2-3-9-18(15,16)14-10-13(17-11-14)12-7-5-4-6-8-12/h4-8,13H,2-3,9-11H2,1H3. The molecule has 1 saturated heterocycles. The highest BCUT2D eigenvalue weighted by Crippen LogP contribution is 2.26. The normalized spacial score (nSPS) is 21.3. The second-order valence-corrected chi connectivity index (χ2v) is 6.59. The summed E-state index contributed by atoms with van der Waals surface area (Å²) >= 11 is 0. The fourth-order valence-electron chi connectivity index (χ4n) is 1.98. The summed E-state index contributed by atoms with van der Waals surface area (Å²) in [6.45, 7) is 2.59. The average molecular weight is 269 g/mol. The van der Waals surface area contributed by atoms with Gasteiger partial charge in [-0.2, -0.15) is 4.31 Å². The molecule has 1 fully saturated rings. The third-order valence-corrected chi connectivity index (χ3v) is 4.96. The Labute approximate surface area is 109 Å². The molecular formula is C13H19NO3S. The van der Waals surface area contributed by atoms with Gasteiger partial charge < -0.3 is 4.74 Å². The van der Waals surface area contributed by atoms with Gasteiger partial charge in [0.2, 0.25) is 10.0 Å². The summed E-state index contributed by atoms with van der Waals surface area (Å²) in [7, 11) is -3.15. The Bertz CT molecular complexity index is 472. The van der Waals surface area contributed by atoms with E-state index in [1.807, 2.05) is 37.3 Å². The summed E-state index contributed by atoms with van der Waals surface area (Å²) in [5.41, 5.74) is 1.03. The van der Waals surface area contributed by atoms with Gasteiger partial charge in [0.05, 0.1) is 11.9 Å². The summed E-state index contributed by atoms with van der Waals surface area (Å²) in [5.74, 6) is 0.217. The maximum Gasteiger partial charge on any atom is 0.216 e. The van der Waals surface area contributed by atoms with Crippen LogP contribution in [-0.4, -0.2) is 31.8 Å². The van der Waals surface area contributed by atoms with Crippen LogP contribution in [0.4, 0.5) is 0 Å². The Morgan fingerprint density at radius 1 is 1.33 bits per heavy atom. The molecular weight excluding hydrogens is 250 g/mol. The number of hydrogen-bond acceptors (Lipinski definition) is 3. The van der Waals surface area contributed by atoms with E-state index < -0.39 is 10.0 Å². The first kappa shape index (κ1) is 13.5. The van der Waals surface area contributed by atoms with Crippen molar-refractivity contribution in [2.75, 3.05) is 19.0 Å². The molecule has 18 heavy (non-hydrogen) atoms. The highest BCUT2D eigenvalue weighted by molar-refractivity contribution is 7.89. The summed E-state index contributed by atoms with van der Waals surface area (Å²) in [6, 6.07) is 9.74. The molecule has 1 aliphatic heterocycles. The summed E-state index contributed by atoms with van der Waals surface area (Å²) in [5, 5.41) is 0. The Morgan fingerprint density at radius 2 is 2.06 bits per heavy atom. The number of rotatable bonds is 5. The van der Waals surface area contributed by atoms with E-state index in [1.165, 1.54) is 4.31 Å². The van der Waals surface area contributed by atoms with E-state index in [1.54, 1.807) is 0 Å². The molecule has 0 radical (unpaired) electrons. The average Bonchev–Trinajstić information content (AvgIpc) is 2.88. The van der Waals surface area contributed by atoms with Crippen LogP contribution >= 0.6 is 0 Å². The number of unbranched alkanes of at least 4 members (excludes halogenated alkanes) is 1. The van der Waals surface area contributed by atoms with Crippen LogP contribution in [0.1, 0.15) is 31.4 Å². The van der Waals surface area contributed by atoms with Crippen LogP contribution in [0, 0.1) is 0 Å². The predicted molar refractivity (Wildman–Crippen MR) is 70.5 cm³/mol. The number of benzene rings is 1. The van der Waals surface area contributed by atoms with Crippen molar-refractivity contribution in [1.82, 2.24) is 4.31 Å². The number of sulfonamides is 1. The van der Waals surface area contributed by atoms with E-state index in [2.05, 4.69) is 0 Å². The van der Waals surface area contributed by atoms with E-state index in [-0.39, 0.29) is 18.6 Å². The van der Waals surface area contributed by atoms with Gasteiger partial charge in [-0.3, -0.25) is 0 Å². The van der Waals surface area contributed by atoms with E-state index in [0.29, 0.717) is 13.0 Å². The Morgan fingerprint density at radius 3 is 2.72 bits per heavy atom. The van der Waals surface area contributed by atoms with E-state index >= 15 is 0 Å². The third-order valence-electron chi connectivity index (χ3n) is 3.11. The van der Waals surface area contributed by atoms with Gasteiger partial charge in [-0.25, -0.2) is 8.42 Å². The predicted octanol–water partition coefficient (Wildman–Crippen LogP) is 2.15. The first-order valence-electron chi connectivity index (χ1n) is 6.28. The lowest BCUT2D eigenvalue weighted by Gasteiger charge is -2.14. The monoisotopic (exact) mass is 269 g/mol. The molecule has 100 valence electrons. The van der Waals surface area contributed by atoms with Gasteiger partial charge in [-0.15, -0.1) is 0 Å². The van der Waals surface area contributed by atoms with Crippen molar-refractivity contribution < 1.29 is 13.2 Å². The van der Waals surface area contributed by atoms with Crippen LogP contribution in [0.25, 0.3) is 0 Å². The number of ether oxygens (including phenoxy) is 1. The zero-order valence-corrected chi connectivity index (χ0v) is 11.4. The fourth-order valence-corrected chi connectivity index (χ4v) is 3.48. The van der Waals surface area contributed by atoms with Crippen molar-refractivity contribution >= 4 is 10.0 Å². The lowest BCUT2D eigenvalue weighted by atomic mass is 10.1. The van der Waals surface area contributed by atoms with Gasteiger partial charge in [-0.1, -0.05) is 43.7 Å². The zero-order chi connectivity index (χ0) is 13.0. The molecule has 2 rings (SSSR count). The summed E-state index contributed by atoms with van der Waals surface area (Å²) in [4.78, 5) is 0. The minimum absolute atomic E-state index is 0.136. The maximum absolute atomic E-state index is 12.0. The lowest BCUT2D eigenvalue weighted by molar-refractivity contribution is 0.104. The zero-order valence-electron chi connectivity index (χ0n) is 10.6. The maximum atomic E-state index is 12.0. The van der Waals surface area contributed by atoms with Gasteiger partial charge in [0, 0.05) is 6.54 Å². The summed E-state index contributed by atoms with van der Waals surface area (Å²) < 4.78 is 31.0. The largest absolute Gasteiger partial charge is 0.356 e. The van der Waals surface area contributed by atoms with Crippen LogP contribution in [-0.2, 0) is 14.8 Å². The molecule has 0 aliphatic carbocycles. The van der Waals surface area contributed by atoms with E-state index in [9.17, 15) is 8.42 Å². The molecule has 1 atom stereocenters. The minimum Gasteiger partial charge on any atom is -0.356 e. The van der Waals surface area contributed by atoms with E-state index in [4.69, 9.17) is 4.74 Å². The molecule has 5 heteroatoms. The van der Waals surface area contributed by atoms with Gasteiger partial charge in [-0.05, 0) is 12.0 Å². The van der Waals surface area contributed by atoms with Crippen LogP contribution in [0.15, 0.2) is 30.3 Å². The van der Waals surface area contributed by atoms with Crippen LogP contribution < -0.4 is 0 Å². The Balaban J connectivity index is 2.00. The molecule has 0 aromatic heterocycles. The van der Waals surface area contributed by atoms with Crippen molar-refractivity contribution in [2.45, 2.75) is 25.9 Å². The smallest absolute Gasteiger partial charge is 0.216 e. The summed E-state index contributed by atoms with van der Waals surface area (Å²) in [6.07, 6.45) is 1.45. The van der Waals surface area contributed by atoms with Crippen molar-refractivity contribution in [3.05, 3.63) is 35.9 Å². The fraction of sp³-hybridized carbons (Fsp3) is 0.538. The molecule has 1 aromatic rings. The van der Waals surface area contributed by atoms with Gasteiger partial charge in [0.25, 0.3) is 0 Å². The topological polar surface area (TPSA) is 46.6 Å². The van der Waals surface area contributed by atoms with Crippen molar-refractivity contribution in [3.8, 4) is 0 Å². The Hall–Kier alpha value is -0.910. The quantitative estimate of drug-likeness (QED) is 0.823. The highest BCUT2D eigenvalue weighted by atomic mass is 32.2. The molecule has 0 N–H and O–H groups in total. The molecule has 1 aromatic carbocycles. The van der Waals surface area contributed by atoms with Crippen molar-refractivity contribution in [2.24, 2.45) is 0 Å². The molecule has 1 heterocycles. The molecule has 1 unspecified atom stereocenters. The van der Waals surface area contributed by atoms with Gasteiger partial charge >= 0.3 is 0 Å². The molecule has 4 nitrogen and oxygen atoms in total. The lowest BCUT2D eigenvalue weighted by Crippen LogP contribution is -2.30. The van der Waals surface area contributed by atoms with Crippen LogP contribution in [0.3, 0.4) is 0 Å². The van der Waals surface area contributed by atoms with E-state index in [0.717, 1.165) is 12.0 Å². The van der Waals surface area contributed by atoms with Gasteiger partial charge in [0.15, 0.2) is 0 Å². The number of hydrogen-bond donors (Lipinski definition) is 0. The third kappa shape index (κ3) is 3.10. The molecule has 0 saturated carbocycles. The first-order chi connectivity index (χ1) is 8.63. The second-order valence-electron chi connectivity index (χ2n) is 4.50. The Kier molecular flexibility index (Phi) is 4.37. The second kappa shape index (κ2) is 5.82. The molecule has 1 aliphatic rings. The molecule has 0 bridgehead atoms. The highest BCUT2D eigenvalue weighted by Gasteiger charge is 2.32. The van der Waals surface area contributed by atoms with Crippen LogP contribution in [0.5, 0.6) is 0 Å².